The van der Waals surface area contributed by atoms with Crippen LogP contribution in [0.15, 0.2) is 12.1 Å². The SMILES string of the molecule is Cc1ccc(CNCC(C)(C)CN(C)C)s1. The first-order chi connectivity index (χ1) is 7.39. The molecule has 2 nitrogen and oxygen atoms in total. The predicted molar refractivity (Wildman–Crippen MR) is 73.1 cm³/mol. The minimum atomic E-state index is 0.329. The number of hydrogen-bond acceptors (Lipinski definition) is 3. The number of hydrogen-bond donors (Lipinski definition) is 1. The van der Waals surface area contributed by atoms with Crippen molar-refractivity contribution < 1.29 is 0 Å². The zero-order valence-corrected chi connectivity index (χ0v) is 11.9. The summed E-state index contributed by atoms with van der Waals surface area (Å²) in [4.78, 5) is 5.07. The third kappa shape index (κ3) is 5.10. The monoisotopic (exact) mass is 240 g/mol. The van der Waals surface area contributed by atoms with E-state index in [0.29, 0.717) is 5.41 Å². The number of aryl methyl sites for hydroxylation is 1. The molecule has 1 N–H and O–H groups in total. The van der Waals surface area contributed by atoms with Gasteiger partial charge in [0.15, 0.2) is 0 Å². The molecule has 0 bridgehead atoms. The Balaban J connectivity index is 2.29. The Morgan fingerprint density at radius 1 is 1.31 bits per heavy atom. The molecule has 3 heteroatoms. The van der Waals surface area contributed by atoms with Crippen molar-refractivity contribution in [3.8, 4) is 0 Å². The van der Waals surface area contributed by atoms with Gasteiger partial charge < -0.3 is 10.2 Å². The van der Waals surface area contributed by atoms with Crippen LogP contribution in [0.5, 0.6) is 0 Å². The zero-order valence-electron chi connectivity index (χ0n) is 11.1. The van der Waals surface area contributed by atoms with E-state index < -0.39 is 0 Å². The van der Waals surface area contributed by atoms with Crippen molar-refractivity contribution in [3.63, 3.8) is 0 Å². The quantitative estimate of drug-likeness (QED) is 0.822. The van der Waals surface area contributed by atoms with E-state index in [1.807, 2.05) is 11.3 Å². The van der Waals surface area contributed by atoms with Gasteiger partial charge in [0, 0.05) is 29.4 Å². The largest absolute Gasteiger partial charge is 0.311 e. The van der Waals surface area contributed by atoms with E-state index in [0.717, 1.165) is 19.6 Å². The van der Waals surface area contributed by atoms with E-state index >= 15 is 0 Å². The lowest BCUT2D eigenvalue weighted by atomic mass is 9.93. The normalized spacial score (nSPS) is 12.4. The van der Waals surface area contributed by atoms with Crippen molar-refractivity contribution in [3.05, 3.63) is 21.9 Å². The maximum absolute atomic E-state index is 3.54. The fourth-order valence-electron chi connectivity index (χ4n) is 2.02. The molecule has 0 unspecified atom stereocenters. The molecule has 92 valence electrons. The Hall–Kier alpha value is -0.380. The topological polar surface area (TPSA) is 15.3 Å². The molecule has 0 saturated heterocycles. The third-order valence-corrected chi connectivity index (χ3v) is 3.44. The van der Waals surface area contributed by atoms with Crippen molar-refractivity contribution in [2.75, 3.05) is 27.2 Å². The second kappa shape index (κ2) is 5.80. The van der Waals surface area contributed by atoms with Gasteiger partial charge in [-0.3, -0.25) is 0 Å². The molecular weight excluding hydrogens is 216 g/mol. The summed E-state index contributed by atoms with van der Waals surface area (Å²) < 4.78 is 0. The summed E-state index contributed by atoms with van der Waals surface area (Å²) in [7, 11) is 4.26. The van der Waals surface area contributed by atoms with Crippen LogP contribution in [-0.2, 0) is 6.54 Å². The summed E-state index contributed by atoms with van der Waals surface area (Å²) in [5.74, 6) is 0. The van der Waals surface area contributed by atoms with Gasteiger partial charge in [0.2, 0.25) is 0 Å². The summed E-state index contributed by atoms with van der Waals surface area (Å²) in [6.07, 6.45) is 0. The van der Waals surface area contributed by atoms with Gasteiger partial charge in [-0.05, 0) is 38.6 Å². The Kier molecular flexibility index (Phi) is 4.96. The van der Waals surface area contributed by atoms with Gasteiger partial charge in [-0.2, -0.15) is 0 Å². The lowest BCUT2D eigenvalue weighted by Gasteiger charge is -2.28. The first-order valence-corrected chi connectivity index (χ1v) is 6.61. The molecule has 0 aromatic carbocycles. The van der Waals surface area contributed by atoms with Gasteiger partial charge in [-0.15, -0.1) is 11.3 Å². The Morgan fingerprint density at radius 3 is 2.50 bits per heavy atom. The molecule has 0 spiro atoms. The van der Waals surface area contributed by atoms with Crippen LogP contribution in [0.3, 0.4) is 0 Å². The summed E-state index contributed by atoms with van der Waals surface area (Å²) in [5.41, 5.74) is 0.329. The number of thiophene rings is 1. The second-order valence-corrected chi connectivity index (χ2v) is 6.89. The van der Waals surface area contributed by atoms with Gasteiger partial charge in [0.05, 0.1) is 0 Å². The zero-order chi connectivity index (χ0) is 12.2. The van der Waals surface area contributed by atoms with Crippen LogP contribution >= 0.6 is 11.3 Å². The molecule has 0 aliphatic carbocycles. The molecular formula is C13H24N2S. The highest BCUT2D eigenvalue weighted by Crippen LogP contribution is 2.17. The highest BCUT2D eigenvalue weighted by atomic mass is 32.1. The van der Waals surface area contributed by atoms with E-state index in [9.17, 15) is 0 Å². The van der Waals surface area contributed by atoms with Gasteiger partial charge in [-0.1, -0.05) is 13.8 Å². The van der Waals surface area contributed by atoms with E-state index in [1.54, 1.807) is 0 Å². The van der Waals surface area contributed by atoms with E-state index in [-0.39, 0.29) is 0 Å². The molecule has 0 aliphatic rings. The average Bonchev–Trinajstić information content (AvgIpc) is 2.48. The molecule has 16 heavy (non-hydrogen) atoms. The number of nitrogens with one attached hydrogen (secondary N) is 1. The summed E-state index contributed by atoms with van der Waals surface area (Å²) in [5, 5.41) is 3.54. The Bertz CT molecular complexity index is 315. The molecule has 0 radical (unpaired) electrons. The Labute approximate surface area is 104 Å². The van der Waals surface area contributed by atoms with Crippen LogP contribution in [0, 0.1) is 12.3 Å². The van der Waals surface area contributed by atoms with Crippen LogP contribution in [0.1, 0.15) is 23.6 Å². The lowest BCUT2D eigenvalue weighted by molar-refractivity contribution is 0.232. The van der Waals surface area contributed by atoms with Crippen LogP contribution in [0.25, 0.3) is 0 Å². The van der Waals surface area contributed by atoms with Crippen molar-refractivity contribution in [2.24, 2.45) is 5.41 Å². The summed E-state index contributed by atoms with van der Waals surface area (Å²) >= 11 is 1.88. The molecule has 0 fully saturated rings. The molecule has 1 aromatic rings. The van der Waals surface area contributed by atoms with Gasteiger partial charge >= 0.3 is 0 Å². The van der Waals surface area contributed by atoms with Gasteiger partial charge in [0.25, 0.3) is 0 Å². The van der Waals surface area contributed by atoms with E-state index in [4.69, 9.17) is 0 Å². The van der Waals surface area contributed by atoms with Crippen LogP contribution in [0.2, 0.25) is 0 Å². The van der Waals surface area contributed by atoms with Crippen LogP contribution in [-0.4, -0.2) is 32.1 Å². The molecule has 0 amide bonds. The maximum atomic E-state index is 3.54. The number of rotatable bonds is 6. The predicted octanol–water partition coefficient (Wildman–Crippen LogP) is 2.73. The maximum Gasteiger partial charge on any atom is 0.0300 e. The van der Waals surface area contributed by atoms with Crippen molar-refractivity contribution in [1.82, 2.24) is 10.2 Å². The summed E-state index contributed by atoms with van der Waals surface area (Å²) in [6.45, 7) is 9.93. The highest BCUT2D eigenvalue weighted by Gasteiger charge is 2.18. The minimum absolute atomic E-state index is 0.329. The first kappa shape index (κ1) is 13.7. The highest BCUT2D eigenvalue weighted by molar-refractivity contribution is 7.11. The van der Waals surface area contributed by atoms with E-state index in [1.165, 1.54) is 9.75 Å². The van der Waals surface area contributed by atoms with E-state index in [2.05, 4.69) is 57.2 Å². The standard InChI is InChI=1S/C13H24N2S/c1-11-6-7-12(16-11)8-14-9-13(2,3)10-15(4)5/h6-7,14H,8-10H2,1-5H3. The number of nitrogens with zero attached hydrogens (tertiary/aromatic N) is 1. The molecule has 0 saturated carbocycles. The molecule has 0 atom stereocenters. The Morgan fingerprint density at radius 2 is 2.00 bits per heavy atom. The van der Waals surface area contributed by atoms with Crippen LogP contribution < -0.4 is 5.32 Å². The fourth-order valence-corrected chi connectivity index (χ4v) is 2.88. The van der Waals surface area contributed by atoms with Gasteiger partial charge in [0.1, 0.15) is 0 Å². The smallest absolute Gasteiger partial charge is 0.0300 e. The van der Waals surface area contributed by atoms with Crippen molar-refractivity contribution in [1.29, 1.82) is 0 Å². The third-order valence-electron chi connectivity index (χ3n) is 2.44. The molecule has 1 rings (SSSR count). The summed E-state index contributed by atoms with van der Waals surface area (Å²) in [6, 6.07) is 4.40. The minimum Gasteiger partial charge on any atom is -0.311 e. The first-order valence-electron chi connectivity index (χ1n) is 5.80. The molecule has 1 aromatic heterocycles. The second-order valence-electron chi connectivity index (χ2n) is 5.52. The van der Waals surface area contributed by atoms with Gasteiger partial charge in [-0.25, -0.2) is 0 Å². The van der Waals surface area contributed by atoms with Crippen molar-refractivity contribution in [2.45, 2.75) is 27.3 Å². The molecule has 0 aliphatic heterocycles. The van der Waals surface area contributed by atoms with Crippen LogP contribution in [0.4, 0.5) is 0 Å². The fraction of sp³-hybridized carbons (Fsp3) is 0.692. The average molecular weight is 240 g/mol. The molecule has 1 heterocycles. The lowest BCUT2D eigenvalue weighted by Crippen LogP contribution is -2.37. The van der Waals surface area contributed by atoms with Crippen molar-refractivity contribution >= 4 is 11.3 Å².